The predicted octanol–water partition coefficient (Wildman–Crippen LogP) is 5.74. The lowest BCUT2D eigenvalue weighted by Gasteiger charge is -2.13. The number of hydrogen-bond donors (Lipinski definition) is 0. The zero-order chi connectivity index (χ0) is 15.7. The lowest BCUT2D eigenvalue weighted by atomic mass is 10.0. The molecule has 1 saturated carbocycles. The summed E-state index contributed by atoms with van der Waals surface area (Å²) in [4.78, 5) is 4.59. The van der Waals surface area contributed by atoms with Crippen LogP contribution in [0, 0.1) is 16.6 Å². The third-order valence-corrected chi connectivity index (χ3v) is 5.80. The van der Waals surface area contributed by atoms with Crippen LogP contribution in [-0.2, 0) is 0 Å². The molecule has 0 aliphatic heterocycles. The zero-order valence-electron chi connectivity index (χ0n) is 12.8. The molecule has 0 N–H and O–H groups in total. The number of alkyl halides is 1. The second-order valence-corrected chi connectivity index (χ2v) is 8.12. The maximum atomic E-state index is 13.9. The summed E-state index contributed by atoms with van der Waals surface area (Å²) in [6.07, 6.45) is 0. The minimum absolute atomic E-state index is 0.0928. The first-order valence-electron chi connectivity index (χ1n) is 7.10. The molecule has 1 aromatic carbocycles. The highest BCUT2D eigenvalue weighted by atomic mass is 35.5. The fourth-order valence-electron chi connectivity index (χ4n) is 3.47. The highest BCUT2D eigenvalue weighted by molar-refractivity contribution is 6.31. The Kier molecular flexibility index (Phi) is 3.14. The van der Waals surface area contributed by atoms with Crippen molar-refractivity contribution in [1.29, 1.82) is 0 Å². The summed E-state index contributed by atoms with van der Waals surface area (Å²) in [7, 11) is 0. The highest BCUT2D eigenvalue weighted by Gasteiger charge is 2.66. The number of hydrogen-bond acceptors (Lipinski definition) is 1. The Bertz CT molecular complexity index is 717. The first-order valence-corrected chi connectivity index (χ1v) is 7.91. The van der Waals surface area contributed by atoms with Gasteiger partial charge in [0.05, 0.1) is 21.4 Å². The van der Waals surface area contributed by atoms with Crippen molar-refractivity contribution in [2.75, 3.05) is 0 Å². The third kappa shape index (κ3) is 1.93. The van der Waals surface area contributed by atoms with Crippen LogP contribution in [0.2, 0.25) is 5.02 Å². The van der Waals surface area contributed by atoms with Crippen LogP contribution < -0.4 is 0 Å². The van der Waals surface area contributed by atoms with E-state index in [2.05, 4.69) is 37.2 Å². The molecule has 0 radical (unpaired) electrons. The van der Waals surface area contributed by atoms with Crippen LogP contribution in [0.1, 0.15) is 51.9 Å². The Morgan fingerprint density at radius 1 is 1.24 bits per heavy atom. The minimum atomic E-state index is -0.421. The molecule has 1 aliphatic rings. The summed E-state index contributed by atoms with van der Waals surface area (Å²) in [5.41, 5.74) is 1.68. The molecule has 1 heterocycles. The first kappa shape index (κ1) is 15.1. The summed E-state index contributed by atoms with van der Waals surface area (Å²) >= 11 is 12.2. The maximum absolute atomic E-state index is 13.9. The first-order chi connectivity index (χ1) is 9.59. The van der Waals surface area contributed by atoms with Gasteiger partial charge < -0.3 is 4.57 Å². The number of halogens is 3. The molecule has 1 aromatic heterocycles. The van der Waals surface area contributed by atoms with E-state index in [0.29, 0.717) is 5.52 Å². The van der Waals surface area contributed by atoms with Gasteiger partial charge in [0, 0.05) is 12.1 Å². The number of rotatable bonds is 2. The van der Waals surface area contributed by atoms with Crippen LogP contribution >= 0.6 is 23.2 Å². The van der Waals surface area contributed by atoms with E-state index in [1.54, 1.807) is 6.07 Å². The number of nitrogens with zero attached hydrogens (tertiary/aromatic N) is 2. The molecule has 0 spiro atoms. The number of benzene rings is 1. The predicted molar refractivity (Wildman–Crippen MR) is 85.6 cm³/mol. The summed E-state index contributed by atoms with van der Waals surface area (Å²) < 4.78 is 16.0. The maximum Gasteiger partial charge on any atom is 0.144 e. The molecule has 2 aromatic rings. The van der Waals surface area contributed by atoms with Gasteiger partial charge in [-0.25, -0.2) is 9.37 Å². The van der Waals surface area contributed by atoms with Crippen LogP contribution in [0.3, 0.4) is 0 Å². The monoisotopic (exact) mass is 328 g/mol. The van der Waals surface area contributed by atoms with Crippen molar-refractivity contribution < 1.29 is 4.39 Å². The number of aromatic nitrogens is 2. The standard InChI is InChI=1S/C16H19Cl2FN2/c1-8(17)13-20-11-6-9(18)10(19)7-12(11)21(13)14-15(2,3)16(14,4)5/h6-8,14H,1-5H3. The molecular weight excluding hydrogens is 310 g/mol. The fraction of sp³-hybridized carbons (Fsp3) is 0.562. The average molecular weight is 329 g/mol. The SMILES string of the molecule is CC(Cl)c1nc2cc(Cl)c(F)cc2n1C1C(C)(C)C1(C)C. The van der Waals surface area contributed by atoms with E-state index in [-0.39, 0.29) is 27.3 Å². The zero-order valence-corrected chi connectivity index (χ0v) is 14.3. The van der Waals surface area contributed by atoms with Crippen LogP contribution in [0.15, 0.2) is 12.1 Å². The highest BCUT2D eigenvalue weighted by Crippen LogP contribution is 2.72. The Morgan fingerprint density at radius 2 is 1.81 bits per heavy atom. The summed E-state index contributed by atoms with van der Waals surface area (Å²) in [6, 6.07) is 3.29. The van der Waals surface area contributed by atoms with Crippen LogP contribution in [0.25, 0.3) is 11.0 Å². The fourth-order valence-corrected chi connectivity index (χ4v) is 3.78. The van der Waals surface area contributed by atoms with Gasteiger partial charge >= 0.3 is 0 Å². The van der Waals surface area contributed by atoms with Gasteiger partial charge in [-0.05, 0) is 23.8 Å². The average Bonchev–Trinajstić information content (AvgIpc) is 2.66. The van der Waals surface area contributed by atoms with Crippen molar-refractivity contribution in [2.24, 2.45) is 10.8 Å². The van der Waals surface area contributed by atoms with Crippen molar-refractivity contribution in [3.8, 4) is 0 Å². The van der Waals surface area contributed by atoms with Crippen molar-refractivity contribution >= 4 is 34.2 Å². The molecule has 114 valence electrons. The molecule has 2 nitrogen and oxygen atoms in total. The molecule has 5 heteroatoms. The quantitative estimate of drug-likeness (QED) is 0.643. The van der Waals surface area contributed by atoms with E-state index in [0.717, 1.165) is 11.3 Å². The van der Waals surface area contributed by atoms with E-state index in [9.17, 15) is 4.39 Å². The van der Waals surface area contributed by atoms with Crippen LogP contribution in [-0.4, -0.2) is 9.55 Å². The van der Waals surface area contributed by atoms with Crippen LogP contribution in [0.5, 0.6) is 0 Å². The van der Waals surface area contributed by atoms with E-state index in [4.69, 9.17) is 23.2 Å². The third-order valence-electron chi connectivity index (χ3n) is 5.32. The molecule has 0 amide bonds. The lowest BCUT2D eigenvalue weighted by molar-refractivity contribution is 0.457. The van der Waals surface area contributed by atoms with Gasteiger partial charge in [0.15, 0.2) is 0 Å². The van der Waals surface area contributed by atoms with Crippen molar-refractivity contribution in [1.82, 2.24) is 9.55 Å². The molecule has 1 atom stereocenters. The smallest absolute Gasteiger partial charge is 0.144 e. The number of imidazole rings is 1. The van der Waals surface area contributed by atoms with E-state index in [1.165, 1.54) is 6.07 Å². The van der Waals surface area contributed by atoms with Crippen LogP contribution in [0.4, 0.5) is 4.39 Å². The van der Waals surface area contributed by atoms with Gasteiger partial charge in [-0.2, -0.15) is 0 Å². The van der Waals surface area contributed by atoms with E-state index >= 15 is 0 Å². The molecule has 1 unspecified atom stereocenters. The Balaban J connectivity index is 2.30. The van der Waals surface area contributed by atoms with Gasteiger partial charge in [0.25, 0.3) is 0 Å². The minimum Gasteiger partial charge on any atom is -0.322 e. The Morgan fingerprint density at radius 3 is 2.29 bits per heavy atom. The van der Waals surface area contributed by atoms with E-state index < -0.39 is 5.82 Å². The molecule has 1 aliphatic carbocycles. The topological polar surface area (TPSA) is 17.8 Å². The van der Waals surface area contributed by atoms with Crippen molar-refractivity contribution in [2.45, 2.75) is 46.0 Å². The second kappa shape index (κ2) is 4.36. The summed E-state index contributed by atoms with van der Waals surface area (Å²) in [5, 5.41) is -0.151. The van der Waals surface area contributed by atoms with Gasteiger partial charge in [0.1, 0.15) is 11.6 Å². The van der Waals surface area contributed by atoms with Crippen molar-refractivity contribution in [3.05, 3.63) is 28.8 Å². The Labute approximate surface area is 134 Å². The van der Waals surface area contributed by atoms with Crippen molar-refractivity contribution in [3.63, 3.8) is 0 Å². The molecule has 1 fully saturated rings. The van der Waals surface area contributed by atoms with E-state index in [1.807, 2.05) is 6.92 Å². The van der Waals surface area contributed by atoms with Gasteiger partial charge in [0.2, 0.25) is 0 Å². The normalized spacial score (nSPS) is 21.7. The van der Waals surface area contributed by atoms with Gasteiger partial charge in [-0.1, -0.05) is 39.3 Å². The molecular formula is C16H19Cl2FN2. The molecule has 3 rings (SSSR count). The molecule has 21 heavy (non-hydrogen) atoms. The second-order valence-electron chi connectivity index (χ2n) is 7.06. The largest absolute Gasteiger partial charge is 0.322 e. The molecule has 0 saturated heterocycles. The van der Waals surface area contributed by atoms with Gasteiger partial charge in [-0.3, -0.25) is 0 Å². The number of fused-ring (bicyclic) bond motifs is 1. The lowest BCUT2D eigenvalue weighted by Crippen LogP contribution is -2.07. The Hall–Kier alpha value is -0.800. The summed E-state index contributed by atoms with van der Waals surface area (Å²) in [6.45, 7) is 10.8. The van der Waals surface area contributed by atoms with Gasteiger partial charge in [-0.15, -0.1) is 11.6 Å². The molecule has 0 bridgehead atoms. The summed E-state index contributed by atoms with van der Waals surface area (Å²) in [5.74, 6) is 0.354.